The number of fused-ring (bicyclic) bond motifs is 2. The number of furan rings is 1. The second-order valence-corrected chi connectivity index (χ2v) is 9.27. The molecule has 31 heavy (non-hydrogen) atoms. The van der Waals surface area contributed by atoms with E-state index in [0.29, 0.717) is 42.0 Å². The highest BCUT2D eigenvalue weighted by atomic mass is 79.9. The number of aryl methyl sites for hydroxylation is 1. The Bertz CT molecular complexity index is 1240. The molecule has 0 saturated carbocycles. The van der Waals surface area contributed by atoms with Crippen LogP contribution in [-0.4, -0.2) is 48.2 Å². The third-order valence-corrected chi connectivity index (χ3v) is 7.35. The zero-order valence-electron chi connectivity index (χ0n) is 16.4. The summed E-state index contributed by atoms with van der Waals surface area (Å²) in [5.74, 6) is 0.971. The van der Waals surface area contributed by atoms with Crippen molar-refractivity contribution in [3.8, 4) is 11.5 Å². The maximum Gasteiger partial charge on any atom is 0.407 e. The molecule has 2 aromatic rings. The van der Waals surface area contributed by atoms with Crippen molar-refractivity contribution in [3.05, 3.63) is 35.3 Å². The third kappa shape index (κ3) is 3.83. The van der Waals surface area contributed by atoms with Crippen LogP contribution in [0.1, 0.15) is 19.3 Å². The Hall–Kier alpha value is -2.79. The average Bonchev–Trinajstić information content (AvgIpc) is 3.47. The molecule has 0 spiro atoms. The summed E-state index contributed by atoms with van der Waals surface area (Å²) in [6.07, 6.45) is 4.90. The second-order valence-electron chi connectivity index (χ2n) is 7.41. The molecule has 11 heteroatoms. The highest BCUT2D eigenvalue weighted by Crippen LogP contribution is 2.37. The second kappa shape index (κ2) is 8.04. The molecule has 1 aromatic heterocycles. The van der Waals surface area contributed by atoms with Crippen LogP contribution in [0.3, 0.4) is 0 Å². The highest BCUT2D eigenvalue weighted by molar-refractivity contribution is 9.10. The van der Waals surface area contributed by atoms with Crippen molar-refractivity contribution in [2.45, 2.75) is 41.9 Å². The molecule has 1 atom stereocenters. The van der Waals surface area contributed by atoms with Crippen LogP contribution in [0.4, 0.5) is 10.6 Å². The highest BCUT2D eigenvalue weighted by Gasteiger charge is 2.28. The van der Waals surface area contributed by atoms with Gasteiger partial charge in [0.15, 0.2) is 22.5 Å². The van der Waals surface area contributed by atoms with Crippen LogP contribution in [0.5, 0.6) is 0 Å². The molecule has 5 rings (SSSR count). The summed E-state index contributed by atoms with van der Waals surface area (Å²) in [6.45, 7) is 1.18. The molecule has 1 aromatic carbocycles. The SMILES string of the molecule is Nc1ncn(CCC2CCCN2C(=O)O)c2nc(Sc3cc4ccoc4cc3Br)nc1-2. The Morgan fingerprint density at radius 2 is 2.26 bits per heavy atom. The fourth-order valence-electron chi connectivity index (χ4n) is 3.96. The molecule has 1 amide bonds. The molecular formula is C20H19BrN6O3S. The molecule has 3 aliphatic rings. The van der Waals surface area contributed by atoms with Gasteiger partial charge in [-0.2, -0.15) is 0 Å². The number of halogens is 1. The summed E-state index contributed by atoms with van der Waals surface area (Å²) >= 11 is 5.01. The number of amides is 1. The molecule has 1 unspecified atom stereocenters. The molecule has 4 heterocycles. The van der Waals surface area contributed by atoms with E-state index >= 15 is 0 Å². The molecule has 9 nitrogen and oxygen atoms in total. The van der Waals surface area contributed by atoms with E-state index in [2.05, 4.69) is 25.9 Å². The van der Waals surface area contributed by atoms with Gasteiger partial charge in [-0.05, 0) is 65.2 Å². The van der Waals surface area contributed by atoms with Gasteiger partial charge < -0.3 is 24.7 Å². The van der Waals surface area contributed by atoms with Crippen molar-refractivity contribution in [2.24, 2.45) is 0 Å². The van der Waals surface area contributed by atoms with E-state index in [4.69, 9.17) is 15.1 Å². The first-order valence-electron chi connectivity index (χ1n) is 9.82. The van der Waals surface area contributed by atoms with Crippen LogP contribution >= 0.6 is 27.7 Å². The van der Waals surface area contributed by atoms with Gasteiger partial charge in [-0.15, -0.1) is 0 Å². The van der Waals surface area contributed by atoms with Gasteiger partial charge in [0.05, 0.1) is 12.6 Å². The zero-order valence-corrected chi connectivity index (χ0v) is 18.8. The number of benzene rings is 1. The smallest absolute Gasteiger partial charge is 0.407 e. The zero-order chi connectivity index (χ0) is 21.5. The van der Waals surface area contributed by atoms with Gasteiger partial charge >= 0.3 is 6.09 Å². The largest absolute Gasteiger partial charge is 0.465 e. The Morgan fingerprint density at radius 1 is 1.39 bits per heavy atom. The quantitative estimate of drug-likeness (QED) is 0.407. The molecule has 1 fully saturated rings. The Kier molecular flexibility index (Phi) is 5.22. The van der Waals surface area contributed by atoms with Gasteiger partial charge in [0, 0.05) is 33.9 Å². The number of anilines is 1. The topological polar surface area (TPSA) is 123 Å². The van der Waals surface area contributed by atoms with Gasteiger partial charge in [0.1, 0.15) is 5.58 Å². The minimum atomic E-state index is -0.861. The van der Waals surface area contributed by atoms with Gasteiger partial charge in [-0.3, -0.25) is 0 Å². The van der Waals surface area contributed by atoms with Gasteiger partial charge in [-0.1, -0.05) is 0 Å². The van der Waals surface area contributed by atoms with Crippen molar-refractivity contribution in [3.63, 3.8) is 0 Å². The summed E-state index contributed by atoms with van der Waals surface area (Å²) in [5.41, 5.74) is 7.41. The first kappa shape index (κ1) is 20.1. The summed E-state index contributed by atoms with van der Waals surface area (Å²) in [5, 5.41) is 10.9. The lowest BCUT2D eigenvalue weighted by Crippen LogP contribution is -2.35. The Morgan fingerprint density at radius 3 is 3.10 bits per heavy atom. The maximum atomic E-state index is 11.4. The number of imidazole rings is 1. The van der Waals surface area contributed by atoms with Gasteiger partial charge in [-0.25, -0.2) is 19.7 Å². The van der Waals surface area contributed by atoms with Crippen LogP contribution in [-0.2, 0) is 6.54 Å². The summed E-state index contributed by atoms with van der Waals surface area (Å²) < 4.78 is 8.23. The van der Waals surface area contributed by atoms with E-state index in [1.165, 1.54) is 16.7 Å². The number of rotatable bonds is 5. The fraction of sp³-hybridized carbons (Fsp3) is 0.300. The van der Waals surface area contributed by atoms with Gasteiger partial charge in [0.25, 0.3) is 0 Å². The minimum absolute atomic E-state index is 0.00649. The molecular weight excluding hydrogens is 484 g/mol. The number of carbonyl (C=O) groups is 1. The van der Waals surface area contributed by atoms with Crippen LogP contribution in [0.2, 0.25) is 0 Å². The summed E-state index contributed by atoms with van der Waals surface area (Å²) in [7, 11) is 0. The minimum Gasteiger partial charge on any atom is -0.465 e. The van der Waals surface area contributed by atoms with Crippen molar-refractivity contribution < 1.29 is 14.3 Å². The van der Waals surface area contributed by atoms with Crippen molar-refractivity contribution >= 4 is 50.6 Å². The first-order chi connectivity index (χ1) is 15.0. The number of nitrogens with zero attached hydrogens (tertiary/aromatic N) is 5. The lowest BCUT2D eigenvalue weighted by atomic mass is 10.1. The number of likely N-dealkylation sites (tertiary alicyclic amines) is 1. The van der Waals surface area contributed by atoms with E-state index in [-0.39, 0.29) is 6.04 Å². The first-order valence-corrected chi connectivity index (χ1v) is 11.4. The van der Waals surface area contributed by atoms with Crippen molar-refractivity contribution in [1.82, 2.24) is 24.4 Å². The lowest BCUT2D eigenvalue weighted by molar-refractivity contribution is 0.137. The number of hydrogen-bond donors (Lipinski definition) is 2. The van der Waals surface area contributed by atoms with E-state index < -0.39 is 6.09 Å². The Labute approximate surface area is 190 Å². The van der Waals surface area contributed by atoms with Crippen LogP contribution in [0, 0.1) is 0 Å². The van der Waals surface area contributed by atoms with Crippen molar-refractivity contribution in [2.75, 3.05) is 12.3 Å². The number of hydrogen-bond acceptors (Lipinski definition) is 7. The normalized spacial score (nSPS) is 16.5. The molecule has 0 aliphatic carbocycles. The van der Waals surface area contributed by atoms with E-state index in [1.807, 2.05) is 22.8 Å². The maximum absolute atomic E-state index is 11.4. The average molecular weight is 503 g/mol. The summed E-state index contributed by atoms with van der Waals surface area (Å²) in [6, 6.07) is 5.86. The molecule has 1 saturated heterocycles. The lowest BCUT2D eigenvalue weighted by Gasteiger charge is -2.22. The third-order valence-electron chi connectivity index (χ3n) is 5.51. The van der Waals surface area contributed by atoms with Gasteiger partial charge in [0.2, 0.25) is 0 Å². The number of carboxylic acid groups (broad SMARTS) is 1. The summed E-state index contributed by atoms with van der Waals surface area (Å²) in [4.78, 5) is 27.4. The van der Waals surface area contributed by atoms with Crippen LogP contribution in [0.25, 0.3) is 22.5 Å². The van der Waals surface area contributed by atoms with Crippen LogP contribution in [0.15, 0.2) is 49.7 Å². The predicted octanol–water partition coefficient (Wildman–Crippen LogP) is 4.55. The Balaban J connectivity index is 1.41. The molecule has 160 valence electrons. The van der Waals surface area contributed by atoms with E-state index in [0.717, 1.165) is 33.2 Å². The fourth-order valence-corrected chi connectivity index (χ4v) is 5.33. The molecule has 3 aliphatic heterocycles. The monoisotopic (exact) mass is 502 g/mol. The number of nitrogen functional groups attached to an aromatic ring is 1. The number of aromatic nitrogens is 4. The number of nitrogens with two attached hydrogens (primary N) is 1. The standard InChI is InChI=1S/C20H19BrN6O3S/c21-13-9-14-11(4-7-30-14)8-15(13)31-19-24-16-17(22)23-10-26(18(16)25-19)6-3-12-2-1-5-27(12)20(28)29/h4,7-10,12H,1-3,5-6,22H2,(H,28,29). The van der Waals surface area contributed by atoms with Crippen LogP contribution < -0.4 is 5.73 Å². The van der Waals surface area contributed by atoms with E-state index in [9.17, 15) is 9.90 Å². The molecule has 3 N–H and O–H groups in total. The van der Waals surface area contributed by atoms with E-state index in [1.54, 1.807) is 12.6 Å². The van der Waals surface area contributed by atoms with Crippen molar-refractivity contribution in [1.29, 1.82) is 0 Å². The molecule has 0 radical (unpaired) electrons. The predicted molar refractivity (Wildman–Crippen MR) is 119 cm³/mol. The molecule has 0 bridgehead atoms.